The lowest BCUT2D eigenvalue weighted by atomic mass is 10.2. The van der Waals surface area contributed by atoms with Crippen molar-refractivity contribution < 1.29 is 19.1 Å². The monoisotopic (exact) mass is 354 g/mol. The number of halogens is 1. The molecule has 0 spiro atoms. The predicted molar refractivity (Wildman–Crippen MR) is 78.3 cm³/mol. The summed E-state index contributed by atoms with van der Waals surface area (Å²) >= 11 is 3.33. The highest BCUT2D eigenvalue weighted by Crippen LogP contribution is 2.16. The van der Waals surface area contributed by atoms with Crippen LogP contribution in [0.25, 0.3) is 0 Å². The summed E-state index contributed by atoms with van der Waals surface area (Å²) in [7, 11) is 0. The summed E-state index contributed by atoms with van der Waals surface area (Å²) in [6.45, 7) is 1.85. The number of benzene rings is 1. The van der Waals surface area contributed by atoms with Crippen LogP contribution in [-0.2, 0) is 20.9 Å². The fourth-order valence-electron chi connectivity index (χ4n) is 2.01. The first-order valence-electron chi connectivity index (χ1n) is 6.50. The Labute approximate surface area is 130 Å². The highest BCUT2D eigenvalue weighted by atomic mass is 79.9. The number of carbonyl (C=O) groups is 3. The van der Waals surface area contributed by atoms with Gasteiger partial charge in [-0.05, 0) is 24.6 Å². The lowest BCUT2D eigenvalue weighted by Gasteiger charge is -2.16. The van der Waals surface area contributed by atoms with Crippen LogP contribution in [0.3, 0.4) is 0 Å². The van der Waals surface area contributed by atoms with E-state index in [4.69, 9.17) is 4.74 Å². The van der Waals surface area contributed by atoms with Crippen molar-refractivity contribution >= 4 is 33.8 Å². The van der Waals surface area contributed by atoms with Crippen molar-refractivity contribution in [3.63, 3.8) is 0 Å². The van der Waals surface area contributed by atoms with Crippen molar-refractivity contribution in [1.29, 1.82) is 0 Å². The minimum Gasteiger partial charge on any atom is -0.465 e. The number of carbonyl (C=O) groups excluding carboxylic acids is 3. The fraction of sp³-hybridized carbons (Fsp3) is 0.357. The summed E-state index contributed by atoms with van der Waals surface area (Å²) in [5, 5.41) is 0. The average Bonchev–Trinajstić information content (AvgIpc) is 2.69. The molecule has 1 fully saturated rings. The number of nitrogens with zero attached hydrogens (tertiary/aromatic N) is 2. The van der Waals surface area contributed by atoms with Crippen molar-refractivity contribution in [3.8, 4) is 0 Å². The quantitative estimate of drug-likeness (QED) is 0.597. The zero-order valence-electron chi connectivity index (χ0n) is 11.5. The van der Waals surface area contributed by atoms with Gasteiger partial charge in [0, 0.05) is 4.47 Å². The van der Waals surface area contributed by atoms with Crippen LogP contribution in [0, 0.1) is 0 Å². The molecule has 6 nitrogen and oxygen atoms in total. The Bertz CT molecular complexity index is 559. The summed E-state index contributed by atoms with van der Waals surface area (Å²) in [6, 6.07) is 6.89. The number of ether oxygens (including phenoxy) is 1. The molecule has 1 aromatic rings. The smallest absolute Gasteiger partial charge is 0.328 e. The van der Waals surface area contributed by atoms with Gasteiger partial charge >= 0.3 is 12.0 Å². The van der Waals surface area contributed by atoms with Crippen LogP contribution in [0.4, 0.5) is 4.79 Å². The van der Waals surface area contributed by atoms with Gasteiger partial charge in [-0.1, -0.05) is 28.1 Å². The standard InChI is InChI=1S/C14H15BrN2O4/c1-2-21-13(19)9-16-8-12(18)17(14(16)20)7-10-3-5-11(15)6-4-10/h3-6H,2,7-9H2,1H3. The minimum absolute atomic E-state index is 0.0891. The van der Waals surface area contributed by atoms with Crippen LogP contribution < -0.4 is 0 Å². The van der Waals surface area contributed by atoms with Gasteiger partial charge in [-0.25, -0.2) is 4.79 Å². The second-order valence-corrected chi connectivity index (χ2v) is 5.47. The molecule has 0 atom stereocenters. The Balaban J connectivity index is 2.01. The Kier molecular flexibility index (Phi) is 4.95. The van der Waals surface area contributed by atoms with Gasteiger partial charge in [0.25, 0.3) is 5.91 Å². The molecule has 0 saturated carbocycles. The highest BCUT2D eigenvalue weighted by Gasteiger charge is 2.36. The summed E-state index contributed by atoms with van der Waals surface area (Å²) in [4.78, 5) is 37.8. The molecule has 3 amide bonds. The number of urea groups is 1. The number of esters is 1. The van der Waals surface area contributed by atoms with Crippen LogP contribution >= 0.6 is 15.9 Å². The highest BCUT2D eigenvalue weighted by molar-refractivity contribution is 9.10. The maximum atomic E-state index is 12.1. The van der Waals surface area contributed by atoms with Crippen molar-refractivity contribution in [3.05, 3.63) is 34.3 Å². The molecule has 0 aromatic heterocycles. The van der Waals surface area contributed by atoms with Gasteiger partial charge in [-0.2, -0.15) is 0 Å². The van der Waals surface area contributed by atoms with Crippen molar-refractivity contribution in [2.24, 2.45) is 0 Å². The SMILES string of the molecule is CCOC(=O)CN1CC(=O)N(Cc2ccc(Br)cc2)C1=O. The third-order valence-corrected chi connectivity index (χ3v) is 3.54. The van der Waals surface area contributed by atoms with Crippen LogP contribution in [0.15, 0.2) is 28.7 Å². The Morgan fingerprint density at radius 1 is 1.29 bits per heavy atom. The largest absolute Gasteiger partial charge is 0.465 e. The third-order valence-electron chi connectivity index (χ3n) is 3.01. The van der Waals surface area contributed by atoms with Gasteiger partial charge in [0.05, 0.1) is 13.2 Å². The van der Waals surface area contributed by atoms with E-state index in [1.165, 1.54) is 4.90 Å². The normalized spacial score (nSPS) is 14.8. The lowest BCUT2D eigenvalue weighted by molar-refractivity contribution is -0.143. The molecular formula is C14H15BrN2O4. The van der Waals surface area contributed by atoms with Gasteiger partial charge in [-0.3, -0.25) is 14.5 Å². The van der Waals surface area contributed by atoms with E-state index < -0.39 is 12.0 Å². The third kappa shape index (κ3) is 3.81. The molecule has 1 aromatic carbocycles. The van der Waals surface area contributed by atoms with Crippen molar-refractivity contribution in [2.45, 2.75) is 13.5 Å². The zero-order valence-corrected chi connectivity index (χ0v) is 13.1. The topological polar surface area (TPSA) is 66.9 Å². The fourth-order valence-corrected chi connectivity index (χ4v) is 2.27. The average molecular weight is 355 g/mol. The van der Waals surface area contributed by atoms with E-state index in [-0.39, 0.29) is 32.1 Å². The molecule has 1 heterocycles. The second-order valence-electron chi connectivity index (χ2n) is 4.55. The van der Waals surface area contributed by atoms with Crippen LogP contribution in [0.1, 0.15) is 12.5 Å². The molecule has 1 saturated heterocycles. The Hall–Kier alpha value is -1.89. The molecule has 0 N–H and O–H groups in total. The van der Waals surface area contributed by atoms with E-state index in [2.05, 4.69) is 15.9 Å². The molecule has 21 heavy (non-hydrogen) atoms. The molecule has 1 aliphatic rings. The van der Waals surface area contributed by atoms with E-state index in [1.54, 1.807) is 6.92 Å². The molecular weight excluding hydrogens is 340 g/mol. The van der Waals surface area contributed by atoms with Gasteiger partial charge in [0.1, 0.15) is 13.1 Å². The Morgan fingerprint density at radius 3 is 2.57 bits per heavy atom. The van der Waals surface area contributed by atoms with E-state index >= 15 is 0 Å². The van der Waals surface area contributed by atoms with Crippen LogP contribution in [0.5, 0.6) is 0 Å². The summed E-state index contributed by atoms with van der Waals surface area (Å²) < 4.78 is 5.71. The summed E-state index contributed by atoms with van der Waals surface area (Å²) in [6.07, 6.45) is 0. The first kappa shape index (κ1) is 15.5. The van der Waals surface area contributed by atoms with Gasteiger partial charge < -0.3 is 9.64 Å². The van der Waals surface area contributed by atoms with Crippen molar-refractivity contribution in [2.75, 3.05) is 19.7 Å². The first-order valence-corrected chi connectivity index (χ1v) is 7.30. The van der Waals surface area contributed by atoms with Gasteiger partial charge in [0.15, 0.2) is 0 Å². The van der Waals surface area contributed by atoms with Gasteiger partial charge in [-0.15, -0.1) is 0 Å². The minimum atomic E-state index is -0.510. The zero-order chi connectivity index (χ0) is 15.4. The van der Waals surface area contributed by atoms with Crippen LogP contribution in [0.2, 0.25) is 0 Å². The molecule has 7 heteroatoms. The second kappa shape index (κ2) is 6.71. The van der Waals surface area contributed by atoms with E-state index in [0.717, 1.165) is 14.9 Å². The summed E-state index contributed by atoms with van der Waals surface area (Å²) in [5.41, 5.74) is 0.845. The number of hydrogen-bond acceptors (Lipinski definition) is 4. The van der Waals surface area contributed by atoms with Gasteiger partial charge in [0.2, 0.25) is 0 Å². The van der Waals surface area contributed by atoms with E-state index in [1.807, 2.05) is 24.3 Å². The van der Waals surface area contributed by atoms with Crippen molar-refractivity contribution in [1.82, 2.24) is 9.80 Å². The molecule has 0 aliphatic carbocycles. The first-order chi connectivity index (χ1) is 10.0. The van der Waals surface area contributed by atoms with E-state index in [9.17, 15) is 14.4 Å². The molecule has 0 radical (unpaired) electrons. The lowest BCUT2D eigenvalue weighted by Crippen LogP contribution is -2.36. The number of rotatable bonds is 5. The molecule has 1 aliphatic heterocycles. The van der Waals surface area contributed by atoms with E-state index in [0.29, 0.717) is 0 Å². The predicted octanol–water partition coefficient (Wildman–Crippen LogP) is 1.78. The molecule has 0 unspecified atom stereocenters. The maximum absolute atomic E-state index is 12.1. The maximum Gasteiger partial charge on any atom is 0.328 e. The summed E-state index contributed by atoms with van der Waals surface area (Å²) in [5.74, 6) is -0.823. The molecule has 0 bridgehead atoms. The number of imide groups is 1. The van der Waals surface area contributed by atoms with Crippen LogP contribution in [-0.4, -0.2) is 47.4 Å². The Morgan fingerprint density at radius 2 is 1.95 bits per heavy atom. The number of amides is 3. The molecule has 2 rings (SSSR count). The number of hydrogen-bond donors (Lipinski definition) is 0. The molecule has 112 valence electrons.